The molecule has 79 heavy (non-hydrogen) atoms. The fourth-order valence-electron chi connectivity index (χ4n) is 14.0. The number of aromatic nitrogens is 4. The van der Waals surface area contributed by atoms with Gasteiger partial charge in [0.25, 0.3) is 0 Å². The number of rotatable bonds is 4. The topological polar surface area (TPSA) is 80.4 Å². The quantitative estimate of drug-likeness (QED) is 0.176. The van der Waals surface area contributed by atoms with Crippen LogP contribution in [0.4, 0.5) is 0 Å². The first-order valence-corrected chi connectivity index (χ1v) is 27.2. The smallest absolute Gasteiger partial charge is 0.160 e. The Morgan fingerprint density at radius 2 is 0.633 bits per heavy atom. The zero-order chi connectivity index (χ0) is 54.2. The summed E-state index contributed by atoms with van der Waals surface area (Å²) in [6.07, 6.45) is 0. The Kier molecular flexibility index (Phi) is 9.62. The molecule has 0 saturated carbocycles. The van der Waals surface area contributed by atoms with Crippen molar-refractivity contribution in [2.45, 2.75) is 69.2 Å². The van der Waals surface area contributed by atoms with E-state index in [1.54, 1.807) is 0 Å². The molecule has 378 valence electrons. The first kappa shape index (κ1) is 46.5. The lowest BCUT2D eigenvalue weighted by atomic mass is 9.98. The number of para-hydroxylation sites is 1. The maximum absolute atomic E-state index is 13.0. The molecule has 0 radical (unpaired) electrons. The molecule has 15 aromatic rings. The molecule has 0 aliphatic carbocycles. The van der Waals surface area contributed by atoms with Crippen molar-refractivity contribution < 1.29 is 4.42 Å². The Balaban J connectivity index is 1.32. The van der Waals surface area contributed by atoms with Crippen LogP contribution >= 0.6 is 0 Å². The molecular formula is C72H54N6O. The van der Waals surface area contributed by atoms with Crippen molar-refractivity contribution in [2.75, 3.05) is 0 Å². The van der Waals surface area contributed by atoms with Gasteiger partial charge in [-0.05, 0) is 165 Å². The molecule has 10 aromatic carbocycles. The van der Waals surface area contributed by atoms with Crippen LogP contribution in [0.1, 0.15) is 66.8 Å². The Hall–Kier alpha value is -9.82. The van der Waals surface area contributed by atoms with Crippen LogP contribution in [-0.4, -0.2) is 18.3 Å². The fourth-order valence-corrected chi connectivity index (χ4v) is 14.0. The zero-order valence-electron chi connectivity index (χ0n) is 45.9. The van der Waals surface area contributed by atoms with E-state index in [4.69, 9.17) is 4.42 Å². The van der Waals surface area contributed by atoms with Gasteiger partial charge in [0.15, 0.2) is 5.58 Å². The molecule has 0 aliphatic rings. The summed E-state index contributed by atoms with van der Waals surface area (Å²) in [6.45, 7) is 21.6. The second-order valence-corrected chi connectivity index (χ2v) is 22.7. The predicted molar refractivity (Wildman–Crippen MR) is 328 cm³/mol. The minimum absolute atomic E-state index is 0.412. The molecule has 0 aliphatic heterocycles. The maximum Gasteiger partial charge on any atom is 0.160 e. The van der Waals surface area contributed by atoms with E-state index in [9.17, 15) is 10.5 Å². The average Bonchev–Trinajstić information content (AvgIpc) is 3.49. The van der Waals surface area contributed by atoms with Gasteiger partial charge < -0.3 is 22.7 Å². The molecule has 5 heterocycles. The largest absolute Gasteiger partial charge is 0.454 e. The number of benzene rings is 10. The lowest BCUT2D eigenvalue weighted by Gasteiger charge is -2.27. The summed E-state index contributed by atoms with van der Waals surface area (Å²) in [4.78, 5) is 0. The third-order valence-electron chi connectivity index (χ3n) is 17.0. The molecule has 0 N–H and O–H groups in total. The predicted octanol–water partition coefficient (Wildman–Crippen LogP) is 18.8. The zero-order valence-corrected chi connectivity index (χ0v) is 45.9. The van der Waals surface area contributed by atoms with Gasteiger partial charge >= 0.3 is 0 Å². The van der Waals surface area contributed by atoms with E-state index in [2.05, 4.69) is 233 Å². The van der Waals surface area contributed by atoms with E-state index < -0.39 is 0 Å². The first-order chi connectivity index (χ1) is 38.2. The summed E-state index contributed by atoms with van der Waals surface area (Å²) in [6, 6.07) is 58.8. The van der Waals surface area contributed by atoms with Gasteiger partial charge in [-0.1, -0.05) is 106 Å². The van der Waals surface area contributed by atoms with Gasteiger partial charge in [0.05, 0.1) is 66.9 Å². The van der Waals surface area contributed by atoms with E-state index in [-0.39, 0.29) is 0 Å². The molecule has 0 atom stereocenters. The minimum Gasteiger partial charge on any atom is -0.454 e. The Morgan fingerprint density at radius 1 is 0.304 bits per heavy atom. The van der Waals surface area contributed by atoms with Crippen LogP contribution in [0.5, 0.6) is 0 Å². The average molecular weight is 1020 g/mol. The van der Waals surface area contributed by atoms with E-state index in [0.717, 1.165) is 159 Å². The van der Waals surface area contributed by atoms with E-state index in [0.29, 0.717) is 39.5 Å². The number of fused-ring (bicyclic) bond motifs is 16. The maximum atomic E-state index is 13.0. The van der Waals surface area contributed by atoms with Crippen molar-refractivity contribution in [2.24, 2.45) is 0 Å². The van der Waals surface area contributed by atoms with Gasteiger partial charge in [-0.3, -0.25) is 0 Å². The molecule has 7 nitrogen and oxygen atoms in total. The standard InChI is InChI=1S/C72H54N6O/c1-37-15-21-59-50(28-37)48-19-20-49-47-13-11-12-14-63(47)79-72(49)71(48)78(59)70-58(36-74)68(76-61-23-17-39(3)30-52(61)55-33-42(6)26-45(9)65(55)76)67(75-60-22-16-38(2)29-51(60)54-32-41(5)25-44(8)64(54)75)57(35-73)69(70)77-62-24-18-40(4)31-53(62)56-34-43(7)27-46(10)66(56)77/h11-34H,1-10H3. The van der Waals surface area contributed by atoms with E-state index in [1.165, 1.54) is 0 Å². The van der Waals surface area contributed by atoms with Gasteiger partial charge in [0, 0.05) is 53.9 Å². The van der Waals surface area contributed by atoms with Gasteiger partial charge in [-0.25, -0.2) is 0 Å². The van der Waals surface area contributed by atoms with Crippen LogP contribution in [0.15, 0.2) is 150 Å². The highest BCUT2D eigenvalue weighted by molar-refractivity contribution is 6.23. The number of hydrogen-bond acceptors (Lipinski definition) is 3. The number of nitrogens with zero attached hydrogens (tertiary/aromatic N) is 6. The highest BCUT2D eigenvalue weighted by atomic mass is 16.3. The van der Waals surface area contributed by atoms with Gasteiger partial charge in [-0.15, -0.1) is 0 Å². The van der Waals surface area contributed by atoms with Crippen LogP contribution in [0.3, 0.4) is 0 Å². The van der Waals surface area contributed by atoms with Crippen molar-refractivity contribution in [3.05, 3.63) is 212 Å². The number of aryl methyl sites for hydroxylation is 10. The molecule has 0 fully saturated rings. The lowest BCUT2D eigenvalue weighted by molar-refractivity contribution is 0.671. The molecule has 0 saturated heterocycles. The monoisotopic (exact) mass is 1020 g/mol. The van der Waals surface area contributed by atoms with E-state index >= 15 is 0 Å². The van der Waals surface area contributed by atoms with Crippen molar-refractivity contribution >= 4 is 109 Å². The summed E-state index contributed by atoms with van der Waals surface area (Å²) in [5.74, 6) is 0. The fraction of sp³-hybridized carbons (Fsp3) is 0.139. The van der Waals surface area contributed by atoms with Gasteiger partial charge in [0.2, 0.25) is 0 Å². The van der Waals surface area contributed by atoms with Crippen molar-refractivity contribution in [1.29, 1.82) is 10.5 Å². The van der Waals surface area contributed by atoms with Gasteiger partial charge in [0.1, 0.15) is 28.8 Å². The third-order valence-corrected chi connectivity index (χ3v) is 17.0. The highest BCUT2D eigenvalue weighted by Gasteiger charge is 2.36. The van der Waals surface area contributed by atoms with Crippen LogP contribution in [-0.2, 0) is 0 Å². The third kappa shape index (κ3) is 6.27. The van der Waals surface area contributed by atoms with Crippen LogP contribution in [0, 0.1) is 91.9 Å². The van der Waals surface area contributed by atoms with Crippen LogP contribution < -0.4 is 0 Å². The van der Waals surface area contributed by atoms with Crippen molar-refractivity contribution in [3.63, 3.8) is 0 Å². The highest BCUT2D eigenvalue weighted by Crippen LogP contribution is 2.51. The molecule has 7 heteroatoms. The molecule has 0 spiro atoms. The summed E-state index contributed by atoms with van der Waals surface area (Å²) in [5.41, 5.74) is 23.3. The second-order valence-electron chi connectivity index (χ2n) is 22.7. The molecule has 0 amide bonds. The minimum atomic E-state index is 0.412. The van der Waals surface area contributed by atoms with E-state index in [1.807, 2.05) is 12.1 Å². The van der Waals surface area contributed by atoms with Crippen LogP contribution in [0.25, 0.3) is 132 Å². The lowest BCUT2D eigenvalue weighted by Crippen LogP contribution is -2.17. The molecule has 0 unspecified atom stereocenters. The van der Waals surface area contributed by atoms with Crippen molar-refractivity contribution in [3.8, 4) is 34.9 Å². The van der Waals surface area contributed by atoms with Crippen LogP contribution in [0.2, 0.25) is 0 Å². The summed E-state index contributed by atoms with van der Waals surface area (Å²) in [5, 5.41) is 36.5. The summed E-state index contributed by atoms with van der Waals surface area (Å²) >= 11 is 0. The number of hydrogen-bond donors (Lipinski definition) is 0. The number of furan rings is 1. The molecule has 0 bridgehead atoms. The molecule has 5 aromatic heterocycles. The summed E-state index contributed by atoms with van der Waals surface area (Å²) in [7, 11) is 0. The summed E-state index contributed by atoms with van der Waals surface area (Å²) < 4.78 is 16.4. The molecule has 15 rings (SSSR count). The Morgan fingerprint density at radius 3 is 1.01 bits per heavy atom. The van der Waals surface area contributed by atoms with Gasteiger partial charge in [-0.2, -0.15) is 10.5 Å². The first-order valence-electron chi connectivity index (χ1n) is 27.2. The van der Waals surface area contributed by atoms with Crippen molar-refractivity contribution in [1.82, 2.24) is 18.3 Å². The SMILES string of the molecule is Cc1ccc2c(c1)c1cc(C)cc(C)c1n2-c1c(C#N)c(-n2c3ccc(C)cc3c3cc(C)cc(C)c32)c(-n2c3ccc(C)cc3c3ccc4c5ccccc5oc4c32)c(C#N)c1-n1c2ccc(C)cc2c2cc(C)cc(C)c21. The Bertz CT molecular complexity index is 5390. The molecular weight excluding hydrogens is 965 g/mol. The number of nitriles is 2. The Labute approximate surface area is 456 Å². The second kappa shape index (κ2) is 16.4. The normalized spacial score (nSPS) is 12.2.